The van der Waals surface area contributed by atoms with Crippen LogP contribution in [0.5, 0.6) is 0 Å². The second kappa shape index (κ2) is 3.53. The number of rotatable bonds is 3. The average molecular weight is 153 g/mol. The molecule has 0 saturated heterocycles. The van der Waals surface area contributed by atoms with Crippen molar-refractivity contribution in [1.82, 2.24) is 9.55 Å². The Kier molecular flexibility index (Phi) is 2.65. The molecular weight excluding hydrogens is 138 g/mol. The van der Waals surface area contributed by atoms with Crippen LogP contribution in [0.2, 0.25) is 0 Å². The van der Waals surface area contributed by atoms with Crippen molar-refractivity contribution in [3.05, 3.63) is 17.7 Å². The van der Waals surface area contributed by atoms with E-state index in [4.69, 9.17) is 5.73 Å². The van der Waals surface area contributed by atoms with Gasteiger partial charge in [0.05, 0.1) is 0 Å². The second-order valence-electron chi connectivity index (χ2n) is 2.77. The predicted octanol–water partition coefficient (Wildman–Crippen LogP) is 0.620. The van der Waals surface area contributed by atoms with Crippen molar-refractivity contribution in [3.63, 3.8) is 0 Å². The quantitative estimate of drug-likeness (QED) is 0.691. The van der Waals surface area contributed by atoms with Gasteiger partial charge in [-0.2, -0.15) is 0 Å². The van der Waals surface area contributed by atoms with Crippen LogP contribution in [0, 0.1) is 6.92 Å². The monoisotopic (exact) mass is 153 g/mol. The first-order chi connectivity index (χ1) is 5.25. The Morgan fingerprint density at radius 3 is 2.82 bits per heavy atom. The molecule has 0 unspecified atom stereocenters. The first-order valence-corrected chi connectivity index (χ1v) is 3.93. The molecule has 0 aromatic carbocycles. The fraction of sp³-hybridized carbons (Fsp3) is 0.625. The first kappa shape index (κ1) is 8.27. The highest BCUT2D eigenvalue weighted by atomic mass is 15.0. The van der Waals surface area contributed by atoms with Gasteiger partial charge in [0, 0.05) is 25.4 Å². The van der Waals surface area contributed by atoms with Crippen molar-refractivity contribution in [1.29, 1.82) is 0 Å². The van der Waals surface area contributed by atoms with Gasteiger partial charge in [0.2, 0.25) is 0 Å². The molecule has 0 bridgehead atoms. The summed E-state index contributed by atoms with van der Waals surface area (Å²) in [5.41, 5.74) is 6.60. The normalized spacial score (nSPS) is 10.5. The Balaban J connectivity index is 2.63. The lowest BCUT2D eigenvalue weighted by molar-refractivity contribution is 0.721. The minimum Gasteiger partial charge on any atom is -0.335 e. The summed E-state index contributed by atoms with van der Waals surface area (Å²) in [7, 11) is 2.04. The summed E-state index contributed by atoms with van der Waals surface area (Å²) in [4.78, 5) is 4.26. The van der Waals surface area contributed by atoms with Gasteiger partial charge in [-0.3, -0.25) is 0 Å². The Labute approximate surface area is 67.2 Å². The molecule has 0 aliphatic rings. The highest BCUT2D eigenvalue weighted by molar-refractivity contribution is 5.02. The molecule has 1 heterocycles. The van der Waals surface area contributed by atoms with E-state index in [1.165, 1.54) is 5.69 Å². The molecule has 2 N–H and O–H groups in total. The van der Waals surface area contributed by atoms with E-state index in [1.807, 2.05) is 13.2 Å². The van der Waals surface area contributed by atoms with Crippen LogP contribution in [0.1, 0.15) is 17.9 Å². The maximum Gasteiger partial charge on any atom is 0.108 e. The Morgan fingerprint density at radius 2 is 2.36 bits per heavy atom. The van der Waals surface area contributed by atoms with Gasteiger partial charge in [-0.25, -0.2) is 4.98 Å². The van der Waals surface area contributed by atoms with Crippen molar-refractivity contribution in [2.75, 3.05) is 6.54 Å². The standard InChI is InChI=1S/C8H15N3/c1-7-6-10-8(11(7)2)4-3-5-9/h6H,3-5,9H2,1-2H3. The predicted molar refractivity (Wildman–Crippen MR) is 45.3 cm³/mol. The van der Waals surface area contributed by atoms with Crippen LogP contribution in [0.15, 0.2) is 6.20 Å². The van der Waals surface area contributed by atoms with E-state index < -0.39 is 0 Å². The van der Waals surface area contributed by atoms with E-state index in [9.17, 15) is 0 Å². The third-order valence-electron chi connectivity index (χ3n) is 1.92. The van der Waals surface area contributed by atoms with E-state index in [2.05, 4.69) is 16.5 Å². The van der Waals surface area contributed by atoms with Crippen LogP contribution >= 0.6 is 0 Å². The summed E-state index contributed by atoms with van der Waals surface area (Å²) in [5, 5.41) is 0. The highest BCUT2D eigenvalue weighted by Gasteiger charge is 2.00. The number of nitrogens with two attached hydrogens (primary N) is 1. The maximum absolute atomic E-state index is 5.40. The van der Waals surface area contributed by atoms with Gasteiger partial charge < -0.3 is 10.3 Å². The number of hydrogen-bond donors (Lipinski definition) is 1. The zero-order valence-electron chi connectivity index (χ0n) is 7.17. The average Bonchev–Trinajstić information content (AvgIpc) is 2.31. The van der Waals surface area contributed by atoms with Crippen LogP contribution in [-0.2, 0) is 13.5 Å². The summed E-state index contributed by atoms with van der Waals surface area (Å²) < 4.78 is 2.11. The van der Waals surface area contributed by atoms with Gasteiger partial charge in [-0.1, -0.05) is 0 Å². The summed E-state index contributed by atoms with van der Waals surface area (Å²) >= 11 is 0. The van der Waals surface area contributed by atoms with Crippen LogP contribution < -0.4 is 5.73 Å². The fourth-order valence-electron chi connectivity index (χ4n) is 1.04. The van der Waals surface area contributed by atoms with Crippen molar-refractivity contribution >= 4 is 0 Å². The number of aromatic nitrogens is 2. The van der Waals surface area contributed by atoms with Gasteiger partial charge in [0.25, 0.3) is 0 Å². The lowest BCUT2D eigenvalue weighted by atomic mass is 10.3. The molecule has 1 aromatic rings. The smallest absolute Gasteiger partial charge is 0.108 e. The maximum atomic E-state index is 5.40. The molecule has 1 rings (SSSR count). The van der Waals surface area contributed by atoms with Gasteiger partial charge in [-0.15, -0.1) is 0 Å². The lowest BCUT2D eigenvalue weighted by Gasteiger charge is -2.00. The minimum absolute atomic E-state index is 0.742. The van der Waals surface area contributed by atoms with E-state index in [0.29, 0.717) is 0 Å². The molecule has 62 valence electrons. The summed E-state index contributed by atoms with van der Waals surface area (Å²) in [6.07, 6.45) is 3.90. The third-order valence-corrected chi connectivity index (χ3v) is 1.92. The fourth-order valence-corrected chi connectivity index (χ4v) is 1.04. The Morgan fingerprint density at radius 1 is 1.64 bits per heavy atom. The third kappa shape index (κ3) is 1.80. The molecule has 3 heteroatoms. The molecule has 0 fully saturated rings. The number of hydrogen-bond acceptors (Lipinski definition) is 2. The lowest BCUT2D eigenvalue weighted by Crippen LogP contribution is -2.05. The molecule has 0 radical (unpaired) electrons. The first-order valence-electron chi connectivity index (χ1n) is 3.93. The van der Waals surface area contributed by atoms with Gasteiger partial charge in [0.15, 0.2) is 0 Å². The molecule has 0 saturated carbocycles. The van der Waals surface area contributed by atoms with E-state index in [-0.39, 0.29) is 0 Å². The van der Waals surface area contributed by atoms with E-state index in [1.54, 1.807) is 0 Å². The Hall–Kier alpha value is -0.830. The van der Waals surface area contributed by atoms with Crippen LogP contribution in [0.25, 0.3) is 0 Å². The van der Waals surface area contributed by atoms with Gasteiger partial charge in [0.1, 0.15) is 5.82 Å². The van der Waals surface area contributed by atoms with Gasteiger partial charge >= 0.3 is 0 Å². The molecule has 3 nitrogen and oxygen atoms in total. The Bertz CT molecular complexity index is 227. The van der Waals surface area contributed by atoms with Crippen molar-refractivity contribution < 1.29 is 0 Å². The molecule has 0 aliphatic heterocycles. The van der Waals surface area contributed by atoms with Crippen molar-refractivity contribution in [2.45, 2.75) is 19.8 Å². The van der Waals surface area contributed by atoms with Crippen LogP contribution in [0.4, 0.5) is 0 Å². The molecule has 1 aromatic heterocycles. The molecule has 11 heavy (non-hydrogen) atoms. The van der Waals surface area contributed by atoms with Crippen LogP contribution in [-0.4, -0.2) is 16.1 Å². The zero-order valence-corrected chi connectivity index (χ0v) is 7.17. The number of nitrogens with zero attached hydrogens (tertiary/aromatic N) is 2. The van der Waals surface area contributed by atoms with Crippen LogP contribution in [0.3, 0.4) is 0 Å². The molecule has 0 atom stereocenters. The second-order valence-corrected chi connectivity index (χ2v) is 2.77. The SMILES string of the molecule is Cc1cnc(CCCN)n1C. The largest absolute Gasteiger partial charge is 0.335 e. The van der Waals surface area contributed by atoms with Gasteiger partial charge in [-0.05, 0) is 19.9 Å². The number of aryl methyl sites for hydroxylation is 2. The van der Waals surface area contributed by atoms with E-state index in [0.717, 1.165) is 25.2 Å². The molecular formula is C8H15N3. The topological polar surface area (TPSA) is 43.8 Å². The number of imidazole rings is 1. The minimum atomic E-state index is 0.742. The van der Waals surface area contributed by atoms with Crippen molar-refractivity contribution in [3.8, 4) is 0 Å². The molecule has 0 spiro atoms. The molecule has 0 amide bonds. The zero-order chi connectivity index (χ0) is 8.27. The highest BCUT2D eigenvalue weighted by Crippen LogP contribution is 2.02. The summed E-state index contributed by atoms with van der Waals surface area (Å²) in [6.45, 7) is 2.80. The summed E-state index contributed by atoms with van der Waals surface area (Å²) in [6, 6.07) is 0. The summed E-state index contributed by atoms with van der Waals surface area (Å²) in [5.74, 6) is 1.13. The van der Waals surface area contributed by atoms with Crippen molar-refractivity contribution in [2.24, 2.45) is 12.8 Å². The molecule has 0 aliphatic carbocycles. The van der Waals surface area contributed by atoms with E-state index >= 15 is 0 Å².